The highest BCUT2D eigenvalue weighted by Crippen LogP contribution is 2.19. The Morgan fingerprint density at radius 3 is 2.50 bits per heavy atom. The van der Waals surface area contributed by atoms with E-state index in [-0.39, 0.29) is 10.7 Å². The summed E-state index contributed by atoms with van der Waals surface area (Å²) in [7, 11) is -3.66. The summed E-state index contributed by atoms with van der Waals surface area (Å²) < 4.78 is 32.1. The zero-order valence-corrected chi connectivity index (χ0v) is 14.0. The van der Waals surface area contributed by atoms with Gasteiger partial charge < -0.3 is 9.84 Å². The Morgan fingerprint density at radius 1 is 1.04 bits per heavy atom. The van der Waals surface area contributed by atoms with Crippen LogP contribution in [0.25, 0.3) is 0 Å². The van der Waals surface area contributed by atoms with Crippen molar-refractivity contribution in [3.63, 3.8) is 0 Å². The number of pyridine rings is 1. The molecule has 0 radical (unpaired) electrons. The van der Waals surface area contributed by atoms with Crippen LogP contribution >= 0.6 is 0 Å². The van der Waals surface area contributed by atoms with Crippen LogP contribution in [0.5, 0.6) is 0 Å². The highest BCUT2D eigenvalue weighted by atomic mass is 32.2. The molecule has 3 rings (SSSR count). The molecule has 2 aromatic heterocycles. The average molecular weight is 344 g/mol. The lowest BCUT2D eigenvalue weighted by molar-refractivity contribution is 0.400. The van der Waals surface area contributed by atoms with Crippen molar-refractivity contribution in [1.29, 1.82) is 0 Å². The Balaban J connectivity index is 1.74. The molecule has 0 aliphatic heterocycles. The Hall–Kier alpha value is -2.87. The molecule has 0 spiro atoms. The SMILES string of the molecule is Cc1cccc(S(=O)(=O)Nc2ccc(Nc3cc(C)on3)cn2)c1. The molecule has 0 saturated heterocycles. The molecular formula is C16H16N4O3S. The lowest BCUT2D eigenvalue weighted by Gasteiger charge is -2.08. The quantitative estimate of drug-likeness (QED) is 0.737. The largest absolute Gasteiger partial charge is 0.360 e. The summed E-state index contributed by atoms with van der Waals surface area (Å²) in [6, 6.07) is 11.7. The summed E-state index contributed by atoms with van der Waals surface area (Å²) in [5.41, 5.74) is 1.54. The van der Waals surface area contributed by atoms with Gasteiger partial charge in [-0.05, 0) is 43.7 Å². The third-order valence-electron chi connectivity index (χ3n) is 3.20. The van der Waals surface area contributed by atoms with E-state index in [9.17, 15) is 8.42 Å². The van der Waals surface area contributed by atoms with Gasteiger partial charge in [-0.3, -0.25) is 4.72 Å². The molecule has 0 bridgehead atoms. The van der Waals surface area contributed by atoms with Gasteiger partial charge >= 0.3 is 0 Å². The molecule has 0 amide bonds. The van der Waals surface area contributed by atoms with Gasteiger partial charge in [0.2, 0.25) is 0 Å². The third kappa shape index (κ3) is 3.72. The maximum absolute atomic E-state index is 12.3. The number of rotatable bonds is 5. The van der Waals surface area contributed by atoms with E-state index in [0.29, 0.717) is 17.3 Å². The smallest absolute Gasteiger partial charge is 0.263 e. The summed E-state index contributed by atoms with van der Waals surface area (Å²) in [6.45, 7) is 3.63. The highest BCUT2D eigenvalue weighted by molar-refractivity contribution is 7.92. The average Bonchev–Trinajstić information content (AvgIpc) is 2.94. The fourth-order valence-corrected chi connectivity index (χ4v) is 3.19. The Bertz CT molecular complexity index is 949. The van der Waals surface area contributed by atoms with Crippen molar-refractivity contribution in [2.24, 2.45) is 0 Å². The van der Waals surface area contributed by atoms with E-state index in [2.05, 4.69) is 20.2 Å². The zero-order chi connectivity index (χ0) is 17.2. The van der Waals surface area contributed by atoms with Gasteiger partial charge in [0.25, 0.3) is 10.0 Å². The molecule has 124 valence electrons. The van der Waals surface area contributed by atoms with Crippen molar-refractivity contribution in [2.75, 3.05) is 10.0 Å². The number of nitrogens with one attached hydrogen (secondary N) is 2. The first-order valence-electron chi connectivity index (χ1n) is 7.18. The molecule has 0 aliphatic carbocycles. The van der Waals surface area contributed by atoms with Crippen LogP contribution in [0.15, 0.2) is 58.1 Å². The summed E-state index contributed by atoms with van der Waals surface area (Å²) in [4.78, 5) is 4.30. The number of anilines is 3. The van der Waals surface area contributed by atoms with Gasteiger partial charge in [0.15, 0.2) is 5.82 Å². The monoisotopic (exact) mass is 344 g/mol. The van der Waals surface area contributed by atoms with Gasteiger partial charge in [-0.1, -0.05) is 17.3 Å². The molecule has 24 heavy (non-hydrogen) atoms. The van der Waals surface area contributed by atoms with E-state index in [1.807, 2.05) is 13.0 Å². The van der Waals surface area contributed by atoms with Gasteiger partial charge in [-0.15, -0.1) is 0 Å². The van der Waals surface area contributed by atoms with Gasteiger partial charge in [-0.25, -0.2) is 13.4 Å². The molecular weight excluding hydrogens is 328 g/mol. The van der Waals surface area contributed by atoms with Crippen LogP contribution in [0.1, 0.15) is 11.3 Å². The van der Waals surface area contributed by atoms with Crippen molar-refractivity contribution < 1.29 is 12.9 Å². The molecule has 0 aliphatic rings. The minimum atomic E-state index is -3.66. The molecule has 2 N–H and O–H groups in total. The summed E-state index contributed by atoms with van der Waals surface area (Å²) in [5, 5.41) is 6.82. The predicted octanol–water partition coefficient (Wildman–Crippen LogP) is 3.23. The fourth-order valence-electron chi connectivity index (χ4n) is 2.08. The molecule has 3 aromatic rings. The minimum absolute atomic E-state index is 0.199. The second-order valence-corrected chi connectivity index (χ2v) is 6.98. The lowest BCUT2D eigenvalue weighted by Crippen LogP contribution is -2.14. The lowest BCUT2D eigenvalue weighted by atomic mass is 10.2. The minimum Gasteiger partial charge on any atom is -0.360 e. The molecule has 0 atom stereocenters. The zero-order valence-electron chi connectivity index (χ0n) is 13.1. The van der Waals surface area contributed by atoms with Crippen molar-refractivity contribution >= 4 is 27.3 Å². The normalized spacial score (nSPS) is 11.2. The maximum Gasteiger partial charge on any atom is 0.263 e. The Kier molecular flexibility index (Phi) is 4.22. The van der Waals surface area contributed by atoms with Crippen LogP contribution in [-0.2, 0) is 10.0 Å². The fraction of sp³-hybridized carbons (Fsp3) is 0.125. The second-order valence-electron chi connectivity index (χ2n) is 5.30. The van der Waals surface area contributed by atoms with Crippen LogP contribution in [0.4, 0.5) is 17.3 Å². The highest BCUT2D eigenvalue weighted by Gasteiger charge is 2.14. The van der Waals surface area contributed by atoms with Crippen LogP contribution in [0, 0.1) is 13.8 Å². The molecule has 2 heterocycles. The Morgan fingerprint density at radius 2 is 1.88 bits per heavy atom. The van der Waals surface area contributed by atoms with Crippen LogP contribution in [-0.4, -0.2) is 18.6 Å². The van der Waals surface area contributed by atoms with Gasteiger partial charge in [0, 0.05) is 6.07 Å². The number of sulfonamides is 1. The Labute approximate surface area is 139 Å². The number of nitrogens with zero attached hydrogens (tertiary/aromatic N) is 2. The van der Waals surface area contributed by atoms with Gasteiger partial charge in [0.1, 0.15) is 11.6 Å². The van der Waals surface area contributed by atoms with E-state index >= 15 is 0 Å². The van der Waals surface area contributed by atoms with Crippen LogP contribution in [0.2, 0.25) is 0 Å². The molecule has 1 aromatic carbocycles. The van der Waals surface area contributed by atoms with Crippen LogP contribution in [0.3, 0.4) is 0 Å². The van der Waals surface area contributed by atoms with E-state index < -0.39 is 10.0 Å². The first-order valence-corrected chi connectivity index (χ1v) is 8.66. The number of hydrogen-bond donors (Lipinski definition) is 2. The van der Waals surface area contributed by atoms with Crippen molar-refractivity contribution in [2.45, 2.75) is 18.7 Å². The van der Waals surface area contributed by atoms with Gasteiger partial charge in [0.05, 0.1) is 16.8 Å². The standard InChI is InChI=1S/C16H16N4O3S/c1-11-4-3-5-14(8-11)24(21,22)20-15-7-6-13(10-17-15)18-16-9-12(2)23-19-16/h3-10H,1-2H3,(H,17,20)(H,18,19). The predicted molar refractivity (Wildman–Crippen MR) is 90.7 cm³/mol. The topological polar surface area (TPSA) is 97.1 Å². The number of benzene rings is 1. The third-order valence-corrected chi connectivity index (χ3v) is 4.56. The van der Waals surface area contributed by atoms with Crippen LogP contribution < -0.4 is 10.0 Å². The number of aromatic nitrogens is 2. The first-order chi connectivity index (χ1) is 11.4. The first kappa shape index (κ1) is 16.0. The second kappa shape index (κ2) is 6.32. The van der Waals surface area contributed by atoms with Crippen molar-refractivity contribution in [1.82, 2.24) is 10.1 Å². The van der Waals surface area contributed by atoms with Crippen molar-refractivity contribution in [3.05, 3.63) is 60.0 Å². The molecule has 0 saturated carbocycles. The van der Waals surface area contributed by atoms with Gasteiger partial charge in [-0.2, -0.15) is 0 Å². The summed E-state index contributed by atoms with van der Waals surface area (Å²) in [6.07, 6.45) is 1.51. The van der Waals surface area contributed by atoms with E-state index in [1.165, 1.54) is 12.3 Å². The summed E-state index contributed by atoms with van der Waals surface area (Å²) in [5.74, 6) is 1.48. The van der Waals surface area contributed by atoms with E-state index in [4.69, 9.17) is 4.52 Å². The maximum atomic E-state index is 12.3. The van der Waals surface area contributed by atoms with E-state index in [1.54, 1.807) is 37.3 Å². The molecule has 0 fully saturated rings. The molecule has 8 heteroatoms. The van der Waals surface area contributed by atoms with Crippen molar-refractivity contribution in [3.8, 4) is 0 Å². The molecule has 0 unspecified atom stereocenters. The number of aryl methyl sites for hydroxylation is 2. The summed E-state index contributed by atoms with van der Waals surface area (Å²) >= 11 is 0. The van der Waals surface area contributed by atoms with E-state index in [0.717, 1.165) is 5.56 Å². The molecule has 7 nitrogen and oxygen atoms in total. The number of hydrogen-bond acceptors (Lipinski definition) is 6.